The van der Waals surface area contributed by atoms with Gasteiger partial charge in [-0.05, 0) is 42.3 Å². The lowest BCUT2D eigenvalue weighted by molar-refractivity contribution is 0.761. The summed E-state index contributed by atoms with van der Waals surface area (Å²) in [6, 6.07) is 12.3. The van der Waals surface area contributed by atoms with Crippen molar-refractivity contribution >= 4 is 17.3 Å². The number of guanidine groups is 1. The molecule has 1 aromatic carbocycles. The fourth-order valence-electron chi connectivity index (χ4n) is 2.73. The highest BCUT2D eigenvalue weighted by atomic mass is 15.3. The SMILES string of the molecule is CN=C(NCc1ccc(N(C)C)cc1C)NCc1nnc2ccccn12. The zero-order valence-corrected chi connectivity index (χ0v) is 15.7. The van der Waals surface area contributed by atoms with Crippen LogP contribution in [0.4, 0.5) is 5.69 Å². The molecule has 0 bridgehead atoms. The van der Waals surface area contributed by atoms with Crippen molar-refractivity contribution in [3.63, 3.8) is 0 Å². The maximum atomic E-state index is 4.29. The Labute approximate surface area is 153 Å². The zero-order valence-electron chi connectivity index (χ0n) is 15.7. The van der Waals surface area contributed by atoms with E-state index < -0.39 is 0 Å². The molecular formula is C19H25N7. The number of anilines is 1. The molecule has 0 aliphatic carbocycles. The molecule has 0 aliphatic heterocycles. The van der Waals surface area contributed by atoms with Crippen molar-refractivity contribution in [1.82, 2.24) is 25.2 Å². The quantitative estimate of drug-likeness (QED) is 0.543. The standard InChI is InChI=1S/C19H25N7/c1-14-11-16(25(3)4)9-8-15(14)12-21-19(20-2)22-13-18-24-23-17-7-5-6-10-26(17)18/h5-11H,12-13H2,1-4H3,(H2,20,21,22). The van der Waals surface area contributed by atoms with Crippen molar-refractivity contribution in [2.24, 2.45) is 4.99 Å². The highest BCUT2D eigenvalue weighted by Crippen LogP contribution is 2.17. The van der Waals surface area contributed by atoms with Gasteiger partial charge in [0.15, 0.2) is 17.4 Å². The van der Waals surface area contributed by atoms with E-state index in [1.807, 2.05) is 42.9 Å². The molecule has 136 valence electrons. The molecule has 2 N–H and O–H groups in total. The smallest absolute Gasteiger partial charge is 0.191 e. The summed E-state index contributed by atoms with van der Waals surface area (Å²) in [5.41, 5.74) is 4.53. The van der Waals surface area contributed by atoms with Crippen LogP contribution in [0.3, 0.4) is 0 Å². The summed E-state index contributed by atoms with van der Waals surface area (Å²) >= 11 is 0. The summed E-state index contributed by atoms with van der Waals surface area (Å²) in [7, 11) is 5.86. The second-order valence-corrected chi connectivity index (χ2v) is 6.33. The van der Waals surface area contributed by atoms with Crippen LogP contribution < -0.4 is 15.5 Å². The van der Waals surface area contributed by atoms with Crippen molar-refractivity contribution in [2.75, 3.05) is 26.0 Å². The number of benzene rings is 1. The van der Waals surface area contributed by atoms with Crippen LogP contribution >= 0.6 is 0 Å². The third-order valence-corrected chi connectivity index (χ3v) is 4.31. The summed E-state index contributed by atoms with van der Waals surface area (Å²) < 4.78 is 1.96. The van der Waals surface area contributed by atoms with Crippen molar-refractivity contribution in [1.29, 1.82) is 0 Å². The lowest BCUT2D eigenvalue weighted by Gasteiger charge is -2.16. The van der Waals surface area contributed by atoms with Gasteiger partial charge in [-0.1, -0.05) is 12.1 Å². The van der Waals surface area contributed by atoms with Gasteiger partial charge in [-0.25, -0.2) is 0 Å². The number of fused-ring (bicyclic) bond motifs is 1. The average molecular weight is 351 g/mol. The largest absolute Gasteiger partial charge is 0.378 e. The van der Waals surface area contributed by atoms with Crippen molar-refractivity contribution < 1.29 is 0 Å². The Hall–Kier alpha value is -3.09. The monoisotopic (exact) mass is 351 g/mol. The Kier molecular flexibility index (Phi) is 5.36. The van der Waals surface area contributed by atoms with Gasteiger partial charge in [-0.3, -0.25) is 9.39 Å². The third kappa shape index (κ3) is 3.93. The number of pyridine rings is 1. The Morgan fingerprint density at radius 1 is 1.12 bits per heavy atom. The summed E-state index contributed by atoms with van der Waals surface area (Å²) in [6.45, 7) is 3.38. The Morgan fingerprint density at radius 2 is 1.92 bits per heavy atom. The molecule has 0 amide bonds. The molecule has 0 atom stereocenters. The fraction of sp³-hybridized carbons (Fsp3) is 0.316. The van der Waals surface area contributed by atoms with E-state index in [4.69, 9.17) is 0 Å². The number of hydrogen-bond acceptors (Lipinski definition) is 4. The maximum absolute atomic E-state index is 4.29. The van der Waals surface area contributed by atoms with Crippen LogP contribution in [0.15, 0.2) is 47.6 Å². The normalized spacial score (nSPS) is 11.6. The van der Waals surface area contributed by atoms with Gasteiger partial charge in [0.1, 0.15) is 0 Å². The second-order valence-electron chi connectivity index (χ2n) is 6.33. The lowest BCUT2D eigenvalue weighted by Crippen LogP contribution is -2.36. The van der Waals surface area contributed by atoms with Gasteiger partial charge in [0.05, 0.1) is 6.54 Å². The maximum Gasteiger partial charge on any atom is 0.191 e. The molecule has 7 heteroatoms. The minimum absolute atomic E-state index is 0.545. The first kappa shape index (κ1) is 17.7. The van der Waals surface area contributed by atoms with Crippen molar-refractivity contribution in [3.05, 3.63) is 59.5 Å². The number of hydrogen-bond donors (Lipinski definition) is 2. The molecule has 7 nitrogen and oxygen atoms in total. The van der Waals surface area contributed by atoms with E-state index >= 15 is 0 Å². The number of nitrogens with one attached hydrogen (secondary N) is 2. The van der Waals surface area contributed by atoms with Gasteiger partial charge in [0.2, 0.25) is 0 Å². The van der Waals surface area contributed by atoms with E-state index in [9.17, 15) is 0 Å². The van der Waals surface area contributed by atoms with Crippen LogP contribution in [-0.4, -0.2) is 41.7 Å². The van der Waals surface area contributed by atoms with Crippen LogP contribution in [0.5, 0.6) is 0 Å². The molecule has 0 aliphatic rings. The molecule has 0 saturated carbocycles. The molecular weight excluding hydrogens is 326 g/mol. The van der Waals surface area contributed by atoms with Gasteiger partial charge >= 0.3 is 0 Å². The van der Waals surface area contributed by atoms with Crippen LogP contribution in [0, 0.1) is 6.92 Å². The van der Waals surface area contributed by atoms with E-state index in [1.165, 1.54) is 16.8 Å². The first-order valence-electron chi connectivity index (χ1n) is 8.58. The zero-order chi connectivity index (χ0) is 18.5. The van der Waals surface area contributed by atoms with E-state index in [-0.39, 0.29) is 0 Å². The van der Waals surface area contributed by atoms with E-state index in [1.54, 1.807) is 7.05 Å². The van der Waals surface area contributed by atoms with E-state index in [0.717, 1.165) is 17.4 Å². The molecule has 2 heterocycles. The van der Waals surface area contributed by atoms with Gasteiger partial charge in [0, 0.05) is 39.6 Å². The van der Waals surface area contributed by atoms with Crippen molar-refractivity contribution in [2.45, 2.75) is 20.0 Å². The number of aliphatic imine (C=N–C) groups is 1. The highest BCUT2D eigenvalue weighted by Gasteiger charge is 2.07. The average Bonchev–Trinajstić information content (AvgIpc) is 3.06. The van der Waals surface area contributed by atoms with Crippen LogP contribution in [0.25, 0.3) is 5.65 Å². The topological polar surface area (TPSA) is 69.8 Å². The van der Waals surface area contributed by atoms with Crippen LogP contribution in [0.2, 0.25) is 0 Å². The first-order valence-corrected chi connectivity index (χ1v) is 8.58. The summed E-state index contributed by atoms with van der Waals surface area (Å²) in [5.74, 6) is 1.57. The van der Waals surface area contributed by atoms with E-state index in [2.05, 4.69) is 55.8 Å². The molecule has 2 aromatic heterocycles. The number of nitrogens with zero attached hydrogens (tertiary/aromatic N) is 5. The molecule has 3 aromatic rings. The fourth-order valence-corrected chi connectivity index (χ4v) is 2.73. The minimum Gasteiger partial charge on any atom is -0.378 e. The minimum atomic E-state index is 0.545. The van der Waals surface area contributed by atoms with Gasteiger partial charge in [-0.15, -0.1) is 10.2 Å². The molecule has 0 fully saturated rings. The summed E-state index contributed by atoms with van der Waals surface area (Å²) in [5, 5.41) is 15.0. The predicted molar refractivity (Wildman–Crippen MR) is 106 cm³/mol. The summed E-state index contributed by atoms with van der Waals surface area (Å²) in [6.07, 6.45) is 1.96. The Morgan fingerprint density at radius 3 is 2.65 bits per heavy atom. The van der Waals surface area contributed by atoms with Gasteiger partial charge in [-0.2, -0.15) is 0 Å². The predicted octanol–water partition coefficient (Wildman–Crippen LogP) is 1.97. The van der Waals surface area contributed by atoms with Crippen LogP contribution in [0.1, 0.15) is 17.0 Å². The molecule has 0 unspecified atom stereocenters. The first-order chi connectivity index (χ1) is 12.6. The molecule has 0 radical (unpaired) electrons. The van der Waals surface area contributed by atoms with Crippen LogP contribution in [-0.2, 0) is 13.1 Å². The highest BCUT2D eigenvalue weighted by molar-refractivity contribution is 5.79. The van der Waals surface area contributed by atoms with Crippen molar-refractivity contribution in [3.8, 4) is 0 Å². The summed E-state index contributed by atoms with van der Waals surface area (Å²) in [4.78, 5) is 6.39. The Bertz CT molecular complexity index is 911. The van der Waals surface area contributed by atoms with Gasteiger partial charge < -0.3 is 15.5 Å². The van der Waals surface area contributed by atoms with E-state index in [0.29, 0.717) is 13.1 Å². The molecule has 0 spiro atoms. The molecule has 3 rings (SSSR count). The second kappa shape index (κ2) is 7.86. The molecule has 26 heavy (non-hydrogen) atoms. The number of aromatic nitrogens is 3. The molecule has 0 saturated heterocycles. The lowest BCUT2D eigenvalue weighted by atomic mass is 10.1. The number of rotatable bonds is 5. The Balaban J connectivity index is 1.60. The number of aryl methyl sites for hydroxylation is 1. The third-order valence-electron chi connectivity index (χ3n) is 4.31. The van der Waals surface area contributed by atoms with Gasteiger partial charge in [0.25, 0.3) is 0 Å².